The second kappa shape index (κ2) is 4.87. The van der Waals surface area contributed by atoms with Crippen molar-refractivity contribution < 1.29 is 0 Å². The SMILES string of the molecule is CN1CCC(CN)(N2CCC(C)(C)CC2)CC1. The highest BCUT2D eigenvalue weighted by atomic mass is 15.2. The van der Waals surface area contributed by atoms with Crippen LogP contribution in [0.25, 0.3) is 0 Å². The van der Waals surface area contributed by atoms with Gasteiger partial charge in [0, 0.05) is 12.1 Å². The highest BCUT2D eigenvalue weighted by Gasteiger charge is 2.40. The van der Waals surface area contributed by atoms with E-state index in [-0.39, 0.29) is 0 Å². The van der Waals surface area contributed by atoms with Crippen molar-refractivity contribution in [3.8, 4) is 0 Å². The molecule has 2 fully saturated rings. The number of hydrogen-bond acceptors (Lipinski definition) is 3. The molecule has 0 aromatic carbocycles. The lowest BCUT2D eigenvalue weighted by Gasteiger charge is -2.51. The molecule has 0 aliphatic carbocycles. The third kappa shape index (κ3) is 2.83. The van der Waals surface area contributed by atoms with Crippen LogP contribution in [-0.2, 0) is 0 Å². The zero-order valence-electron chi connectivity index (χ0n) is 11.8. The number of nitrogens with zero attached hydrogens (tertiary/aromatic N) is 2. The third-order valence-corrected chi connectivity index (χ3v) is 5.09. The predicted molar refractivity (Wildman–Crippen MR) is 73.1 cm³/mol. The average molecular weight is 239 g/mol. The maximum Gasteiger partial charge on any atom is 0.0356 e. The molecule has 0 bridgehead atoms. The van der Waals surface area contributed by atoms with E-state index in [0.717, 1.165) is 6.54 Å². The highest BCUT2D eigenvalue weighted by molar-refractivity contribution is 4.98. The molecule has 2 rings (SSSR count). The van der Waals surface area contributed by atoms with Crippen LogP contribution in [0.2, 0.25) is 0 Å². The van der Waals surface area contributed by atoms with Crippen LogP contribution in [0.3, 0.4) is 0 Å². The molecule has 0 aromatic heterocycles. The minimum atomic E-state index is 0.309. The van der Waals surface area contributed by atoms with E-state index >= 15 is 0 Å². The Labute approximate surface area is 106 Å². The van der Waals surface area contributed by atoms with Gasteiger partial charge in [-0.3, -0.25) is 4.90 Å². The zero-order chi connectivity index (χ0) is 12.5. The molecule has 0 atom stereocenters. The smallest absolute Gasteiger partial charge is 0.0356 e. The Kier molecular flexibility index (Phi) is 3.81. The number of rotatable bonds is 2. The largest absolute Gasteiger partial charge is 0.329 e. The number of nitrogens with two attached hydrogens (primary N) is 1. The Morgan fingerprint density at radius 3 is 1.94 bits per heavy atom. The summed E-state index contributed by atoms with van der Waals surface area (Å²) >= 11 is 0. The van der Waals surface area contributed by atoms with Crippen molar-refractivity contribution >= 4 is 0 Å². The maximum atomic E-state index is 6.12. The summed E-state index contributed by atoms with van der Waals surface area (Å²) in [5.74, 6) is 0. The predicted octanol–water partition coefficient (Wildman–Crippen LogP) is 1.53. The Hall–Kier alpha value is -0.120. The van der Waals surface area contributed by atoms with Crippen molar-refractivity contribution in [2.45, 2.75) is 45.1 Å². The number of piperidine rings is 2. The molecule has 100 valence electrons. The van der Waals surface area contributed by atoms with Crippen LogP contribution in [0.15, 0.2) is 0 Å². The molecule has 2 aliphatic rings. The van der Waals surface area contributed by atoms with Crippen LogP contribution in [0.4, 0.5) is 0 Å². The van der Waals surface area contributed by atoms with E-state index in [0.29, 0.717) is 11.0 Å². The Morgan fingerprint density at radius 1 is 0.941 bits per heavy atom. The van der Waals surface area contributed by atoms with Gasteiger partial charge in [-0.05, 0) is 64.3 Å². The molecule has 0 saturated carbocycles. The van der Waals surface area contributed by atoms with Crippen LogP contribution in [0.1, 0.15) is 39.5 Å². The van der Waals surface area contributed by atoms with Gasteiger partial charge in [0.15, 0.2) is 0 Å². The molecule has 0 amide bonds. The van der Waals surface area contributed by atoms with E-state index in [9.17, 15) is 0 Å². The molecule has 3 nitrogen and oxygen atoms in total. The van der Waals surface area contributed by atoms with Crippen LogP contribution in [-0.4, -0.2) is 55.1 Å². The van der Waals surface area contributed by atoms with E-state index in [4.69, 9.17) is 5.73 Å². The van der Waals surface area contributed by atoms with Gasteiger partial charge < -0.3 is 10.6 Å². The normalized spacial score (nSPS) is 30.4. The van der Waals surface area contributed by atoms with Gasteiger partial charge in [0.1, 0.15) is 0 Å². The van der Waals surface area contributed by atoms with E-state index in [1.165, 1.54) is 51.9 Å². The summed E-state index contributed by atoms with van der Waals surface area (Å²) in [7, 11) is 2.22. The molecule has 3 heteroatoms. The van der Waals surface area contributed by atoms with Gasteiger partial charge >= 0.3 is 0 Å². The summed E-state index contributed by atoms with van der Waals surface area (Å²) in [5.41, 5.74) is 6.97. The molecule has 0 spiro atoms. The maximum absolute atomic E-state index is 6.12. The Bertz CT molecular complexity index is 244. The Balaban J connectivity index is 1.99. The van der Waals surface area contributed by atoms with Gasteiger partial charge in [-0.25, -0.2) is 0 Å². The van der Waals surface area contributed by atoms with Gasteiger partial charge in [0.05, 0.1) is 0 Å². The lowest BCUT2D eigenvalue weighted by Crippen LogP contribution is -2.61. The fourth-order valence-electron chi connectivity index (χ4n) is 3.27. The van der Waals surface area contributed by atoms with Crippen LogP contribution in [0, 0.1) is 5.41 Å². The molecule has 0 aromatic rings. The monoisotopic (exact) mass is 239 g/mol. The standard InChI is InChI=1S/C14H29N3/c1-13(2)4-10-17(11-5-13)14(12-15)6-8-16(3)9-7-14/h4-12,15H2,1-3H3. The molecule has 2 heterocycles. The van der Waals surface area contributed by atoms with Crippen LogP contribution >= 0.6 is 0 Å². The zero-order valence-corrected chi connectivity index (χ0v) is 11.8. The number of likely N-dealkylation sites (tertiary alicyclic amines) is 2. The summed E-state index contributed by atoms with van der Waals surface area (Å²) in [5, 5.41) is 0. The van der Waals surface area contributed by atoms with Crippen molar-refractivity contribution in [2.75, 3.05) is 39.8 Å². The quantitative estimate of drug-likeness (QED) is 0.793. The van der Waals surface area contributed by atoms with E-state index in [2.05, 4.69) is 30.7 Å². The van der Waals surface area contributed by atoms with Gasteiger partial charge in [-0.15, -0.1) is 0 Å². The first-order valence-electron chi connectivity index (χ1n) is 7.11. The minimum Gasteiger partial charge on any atom is -0.329 e. The second-order valence-corrected chi connectivity index (χ2v) is 6.88. The number of hydrogen-bond donors (Lipinski definition) is 1. The van der Waals surface area contributed by atoms with Crippen molar-refractivity contribution in [1.82, 2.24) is 9.80 Å². The van der Waals surface area contributed by atoms with E-state index < -0.39 is 0 Å². The summed E-state index contributed by atoms with van der Waals surface area (Å²) in [4.78, 5) is 5.13. The Morgan fingerprint density at radius 2 is 1.47 bits per heavy atom. The third-order valence-electron chi connectivity index (χ3n) is 5.09. The van der Waals surface area contributed by atoms with Gasteiger partial charge in [-0.2, -0.15) is 0 Å². The second-order valence-electron chi connectivity index (χ2n) is 6.88. The van der Waals surface area contributed by atoms with Crippen molar-refractivity contribution in [2.24, 2.45) is 11.1 Å². The minimum absolute atomic E-state index is 0.309. The molecule has 2 saturated heterocycles. The average Bonchev–Trinajstić information content (AvgIpc) is 2.31. The first kappa shape index (κ1) is 13.3. The van der Waals surface area contributed by atoms with Gasteiger partial charge in [0.2, 0.25) is 0 Å². The van der Waals surface area contributed by atoms with Gasteiger partial charge in [-0.1, -0.05) is 13.8 Å². The van der Waals surface area contributed by atoms with Crippen molar-refractivity contribution in [3.05, 3.63) is 0 Å². The van der Waals surface area contributed by atoms with Crippen molar-refractivity contribution in [3.63, 3.8) is 0 Å². The summed E-state index contributed by atoms with van der Waals surface area (Å²) in [6.07, 6.45) is 5.15. The van der Waals surface area contributed by atoms with E-state index in [1.807, 2.05) is 0 Å². The molecule has 2 aliphatic heterocycles. The molecule has 0 unspecified atom stereocenters. The first-order valence-corrected chi connectivity index (χ1v) is 7.11. The van der Waals surface area contributed by atoms with Crippen LogP contribution < -0.4 is 5.73 Å². The molecule has 17 heavy (non-hydrogen) atoms. The summed E-state index contributed by atoms with van der Waals surface area (Å²) in [6.45, 7) is 10.5. The fraction of sp³-hybridized carbons (Fsp3) is 1.00. The molecular weight excluding hydrogens is 210 g/mol. The lowest BCUT2D eigenvalue weighted by molar-refractivity contribution is -0.00456. The fourth-order valence-corrected chi connectivity index (χ4v) is 3.27. The summed E-state index contributed by atoms with van der Waals surface area (Å²) < 4.78 is 0. The lowest BCUT2D eigenvalue weighted by atomic mass is 9.78. The van der Waals surface area contributed by atoms with Crippen molar-refractivity contribution in [1.29, 1.82) is 0 Å². The van der Waals surface area contributed by atoms with Gasteiger partial charge in [0.25, 0.3) is 0 Å². The highest BCUT2D eigenvalue weighted by Crippen LogP contribution is 2.36. The first-order chi connectivity index (χ1) is 7.97. The van der Waals surface area contributed by atoms with E-state index in [1.54, 1.807) is 0 Å². The summed E-state index contributed by atoms with van der Waals surface area (Å²) in [6, 6.07) is 0. The molecule has 2 N–H and O–H groups in total. The molecular formula is C14H29N3. The van der Waals surface area contributed by atoms with Crippen LogP contribution in [0.5, 0.6) is 0 Å². The molecule has 0 radical (unpaired) electrons. The topological polar surface area (TPSA) is 32.5 Å².